The van der Waals surface area contributed by atoms with Crippen LogP contribution in [0.5, 0.6) is 0 Å². The molecule has 0 bridgehead atoms. The Morgan fingerprint density at radius 3 is 2.18 bits per heavy atom. The number of ketones is 1. The molecule has 0 saturated carbocycles. The number of benzene rings is 1. The van der Waals surface area contributed by atoms with Crippen LogP contribution in [0.15, 0.2) is 24.3 Å². The van der Waals surface area contributed by atoms with Gasteiger partial charge in [-0.25, -0.2) is 4.79 Å². The van der Waals surface area contributed by atoms with E-state index in [-0.39, 0.29) is 16.8 Å². The standard InChI is InChI=1S/C20H21N3O5/c1-4-11(2)17(20(27)28-10-16(24)15(9-21)12(3)22)23-18(25)13-7-5-6-8-14(13)19(23)26/h5-8,11,15,17,22H,4,10H2,1-3H3/t11-,15-,17-/m0/s1. The summed E-state index contributed by atoms with van der Waals surface area (Å²) in [5.41, 5.74) is 0.282. The van der Waals surface area contributed by atoms with Crippen LogP contribution in [0.4, 0.5) is 0 Å². The van der Waals surface area contributed by atoms with Crippen LogP contribution in [0.3, 0.4) is 0 Å². The largest absolute Gasteiger partial charge is 0.456 e. The number of Topliss-reactive ketones (excluding diaryl/α,β-unsaturated/α-hetero) is 1. The molecule has 0 aromatic heterocycles. The summed E-state index contributed by atoms with van der Waals surface area (Å²) in [6, 6.07) is 6.79. The predicted octanol–water partition coefficient (Wildman–Crippen LogP) is 1.99. The molecule has 1 N–H and O–H groups in total. The summed E-state index contributed by atoms with van der Waals surface area (Å²) in [5, 5.41) is 16.4. The SMILES string of the molecule is CC[C@H](C)[C@@H](C(=O)OCC(=O)[C@@H](C#N)C(C)=N)N1C(=O)c2ccccc2C1=O. The van der Waals surface area contributed by atoms with E-state index >= 15 is 0 Å². The topological polar surface area (TPSA) is 128 Å². The summed E-state index contributed by atoms with van der Waals surface area (Å²) in [6.07, 6.45) is 0.488. The van der Waals surface area contributed by atoms with Crippen molar-refractivity contribution in [3.05, 3.63) is 35.4 Å². The van der Waals surface area contributed by atoms with Crippen LogP contribution < -0.4 is 0 Å². The van der Waals surface area contributed by atoms with Gasteiger partial charge in [0.2, 0.25) is 0 Å². The number of hydrogen-bond donors (Lipinski definition) is 1. The summed E-state index contributed by atoms with van der Waals surface area (Å²) in [5.74, 6) is -4.49. The van der Waals surface area contributed by atoms with Crippen LogP contribution in [0, 0.1) is 28.6 Å². The molecule has 1 aromatic rings. The van der Waals surface area contributed by atoms with Crippen LogP contribution >= 0.6 is 0 Å². The van der Waals surface area contributed by atoms with Gasteiger partial charge in [-0.3, -0.25) is 19.3 Å². The van der Waals surface area contributed by atoms with Gasteiger partial charge in [-0.1, -0.05) is 32.4 Å². The van der Waals surface area contributed by atoms with Crippen molar-refractivity contribution in [3.63, 3.8) is 0 Å². The first kappa shape index (κ1) is 21.0. The number of imide groups is 1. The number of hydrogen-bond acceptors (Lipinski definition) is 7. The lowest BCUT2D eigenvalue weighted by atomic mass is 9.97. The van der Waals surface area contributed by atoms with Gasteiger partial charge in [0.15, 0.2) is 12.4 Å². The second-order valence-electron chi connectivity index (χ2n) is 6.68. The molecule has 146 valence electrons. The second-order valence-corrected chi connectivity index (χ2v) is 6.68. The molecular formula is C20H21N3O5. The molecule has 0 radical (unpaired) electrons. The van der Waals surface area contributed by atoms with Crippen molar-refractivity contribution >= 4 is 29.3 Å². The highest BCUT2D eigenvalue weighted by atomic mass is 16.5. The Bertz CT molecular complexity index is 851. The number of fused-ring (bicyclic) bond motifs is 1. The van der Waals surface area contributed by atoms with E-state index in [1.807, 2.05) is 0 Å². The first-order chi connectivity index (χ1) is 13.2. The van der Waals surface area contributed by atoms with Crippen molar-refractivity contribution in [1.29, 1.82) is 10.7 Å². The predicted molar refractivity (Wildman–Crippen MR) is 98.7 cm³/mol. The number of nitrogens with one attached hydrogen (secondary N) is 1. The first-order valence-corrected chi connectivity index (χ1v) is 8.85. The normalized spacial score (nSPS) is 16.0. The molecule has 28 heavy (non-hydrogen) atoms. The summed E-state index contributed by atoms with van der Waals surface area (Å²) in [6.45, 7) is 4.12. The molecule has 1 aromatic carbocycles. The molecule has 0 fully saturated rings. The molecule has 2 rings (SSSR count). The van der Waals surface area contributed by atoms with E-state index in [2.05, 4.69) is 0 Å². The Labute approximate surface area is 162 Å². The minimum Gasteiger partial charge on any atom is -0.456 e. The van der Waals surface area contributed by atoms with Gasteiger partial charge < -0.3 is 10.1 Å². The third-order valence-electron chi connectivity index (χ3n) is 4.77. The van der Waals surface area contributed by atoms with Gasteiger partial charge in [0, 0.05) is 5.71 Å². The van der Waals surface area contributed by atoms with E-state index in [4.69, 9.17) is 15.4 Å². The zero-order valence-corrected chi connectivity index (χ0v) is 15.9. The number of rotatable bonds is 8. The first-order valence-electron chi connectivity index (χ1n) is 8.85. The molecule has 0 spiro atoms. The molecule has 0 saturated heterocycles. The van der Waals surface area contributed by atoms with Gasteiger partial charge in [0.05, 0.1) is 17.2 Å². The minimum absolute atomic E-state index is 0.151. The van der Waals surface area contributed by atoms with Gasteiger partial charge in [-0.15, -0.1) is 0 Å². The van der Waals surface area contributed by atoms with Gasteiger partial charge >= 0.3 is 5.97 Å². The van der Waals surface area contributed by atoms with Crippen molar-refractivity contribution in [2.24, 2.45) is 11.8 Å². The quantitative estimate of drug-likeness (QED) is 0.415. The molecule has 8 nitrogen and oxygen atoms in total. The summed E-state index contributed by atoms with van der Waals surface area (Å²) >= 11 is 0. The van der Waals surface area contributed by atoms with E-state index in [1.165, 1.54) is 19.1 Å². The maximum absolute atomic E-state index is 12.7. The highest BCUT2D eigenvalue weighted by Gasteiger charge is 2.45. The van der Waals surface area contributed by atoms with Crippen LogP contribution in [0.2, 0.25) is 0 Å². The van der Waals surface area contributed by atoms with E-state index in [0.717, 1.165) is 4.90 Å². The summed E-state index contributed by atoms with van der Waals surface area (Å²) < 4.78 is 5.05. The third kappa shape index (κ3) is 3.83. The van der Waals surface area contributed by atoms with Crippen LogP contribution in [-0.2, 0) is 14.3 Å². The van der Waals surface area contributed by atoms with Crippen molar-refractivity contribution in [1.82, 2.24) is 4.90 Å². The van der Waals surface area contributed by atoms with Crippen LogP contribution in [0.25, 0.3) is 0 Å². The highest BCUT2D eigenvalue weighted by Crippen LogP contribution is 2.28. The molecule has 0 unspecified atom stereocenters. The van der Waals surface area contributed by atoms with E-state index in [1.54, 1.807) is 32.0 Å². The van der Waals surface area contributed by atoms with Crippen molar-refractivity contribution in [2.45, 2.75) is 33.2 Å². The monoisotopic (exact) mass is 383 g/mol. The number of carbonyl (C=O) groups is 4. The van der Waals surface area contributed by atoms with E-state index in [0.29, 0.717) is 6.42 Å². The maximum atomic E-state index is 12.7. The Morgan fingerprint density at radius 1 is 1.21 bits per heavy atom. The van der Waals surface area contributed by atoms with Crippen molar-refractivity contribution < 1.29 is 23.9 Å². The van der Waals surface area contributed by atoms with E-state index in [9.17, 15) is 19.2 Å². The highest BCUT2D eigenvalue weighted by molar-refractivity contribution is 6.22. The fourth-order valence-electron chi connectivity index (χ4n) is 3.00. The molecule has 1 heterocycles. The lowest BCUT2D eigenvalue weighted by Gasteiger charge is -2.28. The average molecular weight is 383 g/mol. The van der Waals surface area contributed by atoms with Gasteiger partial charge in [0.1, 0.15) is 12.0 Å². The van der Waals surface area contributed by atoms with Crippen molar-refractivity contribution in [3.8, 4) is 6.07 Å². The van der Waals surface area contributed by atoms with Gasteiger partial charge in [-0.2, -0.15) is 5.26 Å². The zero-order valence-electron chi connectivity index (χ0n) is 15.9. The third-order valence-corrected chi connectivity index (χ3v) is 4.77. The molecule has 1 aliphatic heterocycles. The Morgan fingerprint density at radius 2 is 1.75 bits per heavy atom. The molecule has 8 heteroatoms. The average Bonchev–Trinajstić information content (AvgIpc) is 2.92. The van der Waals surface area contributed by atoms with Gasteiger partial charge in [-0.05, 0) is 25.0 Å². The minimum atomic E-state index is -1.30. The fraction of sp³-hybridized carbons (Fsp3) is 0.400. The number of amides is 2. The number of ether oxygens (including phenoxy) is 1. The molecule has 0 aliphatic carbocycles. The number of carbonyl (C=O) groups excluding carboxylic acids is 4. The van der Waals surface area contributed by atoms with Crippen molar-refractivity contribution in [2.75, 3.05) is 6.61 Å². The number of nitrogens with zero attached hydrogens (tertiary/aromatic N) is 2. The van der Waals surface area contributed by atoms with E-state index < -0.39 is 48.1 Å². The summed E-state index contributed by atoms with van der Waals surface area (Å²) in [4.78, 5) is 51.0. The Kier molecular flexibility index (Phi) is 6.41. The lowest BCUT2D eigenvalue weighted by molar-refractivity contribution is -0.153. The smallest absolute Gasteiger partial charge is 0.330 e. The van der Waals surface area contributed by atoms with Crippen LogP contribution in [-0.4, -0.2) is 46.8 Å². The maximum Gasteiger partial charge on any atom is 0.330 e. The lowest BCUT2D eigenvalue weighted by Crippen LogP contribution is -2.49. The molecular weight excluding hydrogens is 362 g/mol. The Hall–Kier alpha value is -3.34. The number of esters is 1. The molecule has 3 atom stereocenters. The molecule has 2 amide bonds. The zero-order chi connectivity index (χ0) is 21.0. The fourth-order valence-corrected chi connectivity index (χ4v) is 3.00. The molecule has 1 aliphatic rings. The van der Waals surface area contributed by atoms with Crippen LogP contribution in [0.1, 0.15) is 47.9 Å². The van der Waals surface area contributed by atoms with Gasteiger partial charge in [0.25, 0.3) is 11.8 Å². The second kappa shape index (κ2) is 8.57. The summed E-state index contributed by atoms with van der Waals surface area (Å²) in [7, 11) is 0. The number of nitriles is 1. The Balaban J connectivity index is 2.23.